The number of epoxide rings is 1. The van der Waals surface area contributed by atoms with Gasteiger partial charge < -0.3 is 39.4 Å². The average molecular weight is 422 g/mol. The fourth-order valence-corrected chi connectivity index (χ4v) is 3.92. The number of aromatic hydroxyl groups is 1. The number of hydrogen-bond acceptors (Lipinski definition) is 9. The van der Waals surface area contributed by atoms with E-state index in [0.29, 0.717) is 18.4 Å². The molecule has 3 aliphatic heterocycles. The Bertz CT molecular complexity index is 849. The van der Waals surface area contributed by atoms with E-state index in [-0.39, 0.29) is 18.1 Å². The third-order valence-electron chi connectivity index (χ3n) is 5.66. The lowest BCUT2D eigenvalue weighted by atomic mass is 9.95. The highest BCUT2D eigenvalue weighted by atomic mass is 16.7. The van der Waals surface area contributed by atoms with E-state index in [2.05, 4.69) is 0 Å². The number of benzene rings is 1. The number of aliphatic hydroxyl groups excluding tert-OH is 3. The number of carbonyl (C=O) groups is 1. The van der Waals surface area contributed by atoms with Crippen LogP contribution in [0, 0.1) is 0 Å². The molecule has 9 heteroatoms. The molecule has 0 aromatic heterocycles. The molecule has 4 rings (SSSR count). The summed E-state index contributed by atoms with van der Waals surface area (Å²) in [6.45, 7) is 3.74. The van der Waals surface area contributed by atoms with E-state index in [1.165, 1.54) is 18.2 Å². The van der Waals surface area contributed by atoms with Crippen molar-refractivity contribution in [2.24, 2.45) is 0 Å². The molecule has 3 saturated heterocycles. The largest absolute Gasteiger partial charge is 0.508 e. The number of rotatable bonds is 6. The van der Waals surface area contributed by atoms with Crippen molar-refractivity contribution in [3.63, 3.8) is 0 Å². The summed E-state index contributed by atoms with van der Waals surface area (Å²) in [5.41, 5.74) is 0.514. The first-order chi connectivity index (χ1) is 14.2. The normalized spacial score (nSPS) is 37.3. The summed E-state index contributed by atoms with van der Waals surface area (Å²) in [6.07, 6.45) is -3.49. The molecule has 0 aliphatic carbocycles. The van der Waals surface area contributed by atoms with Crippen LogP contribution in [0.1, 0.15) is 38.4 Å². The highest BCUT2D eigenvalue weighted by Gasteiger charge is 2.73. The molecular weight excluding hydrogens is 396 g/mol. The Balaban J connectivity index is 1.54. The van der Waals surface area contributed by atoms with Gasteiger partial charge in [0.05, 0.1) is 6.61 Å². The molecule has 9 nitrogen and oxygen atoms in total. The standard InChI is InChI=1S/C21H26O9/c1-10(2)4-3-7-21-18(30-21)17(29-20(21)26)12-8-11(22)5-6-14(12)28-19-16(25)15(24)13(23)9-27-19/h4-6,8,13,15-19,22-25H,3,7,9H2,1-2H3. The Morgan fingerprint density at radius 1 is 1.27 bits per heavy atom. The van der Waals surface area contributed by atoms with Gasteiger partial charge in [-0.1, -0.05) is 11.6 Å². The molecule has 164 valence electrons. The molecular formula is C21H26O9. The van der Waals surface area contributed by atoms with Crippen LogP contribution in [0.4, 0.5) is 0 Å². The number of fused-ring (bicyclic) bond motifs is 1. The maximum absolute atomic E-state index is 12.5. The van der Waals surface area contributed by atoms with Gasteiger partial charge in [0.2, 0.25) is 6.29 Å². The highest BCUT2D eigenvalue weighted by Crippen LogP contribution is 2.57. The second-order valence-corrected chi connectivity index (χ2v) is 8.16. The van der Waals surface area contributed by atoms with Crippen LogP contribution in [0.15, 0.2) is 29.8 Å². The van der Waals surface area contributed by atoms with Crippen molar-refractivity contribution in [2.75, 3.05) is 6.61 Å². The molecule has 0 saturated carbocycles. The van der Waals surface area contributed by atoms with Crippen LogP contribution in [-0.2, 0) is 19.0 Å². The fraction of sp³-hybridized carbons (Fsp3) is 0.571. The molecule has 0 amide bonds. The van der Waals surface area contributed by atoms with Crippen LogP contribution in [0.25, 0.3) is 0 Å². The van der Waals surface area contributed by atoms with E-state index in [0.717, 1.165) is 5.57 Å². The van der Waals surface area contributed by atoms with Gasteiger partial charge >= 0.3 is 5.97 Å². The van der Waals surface area contributed by atoms with E-state index in [1.54, 1.807) is 0 Å². The molecule has 0 spiro atoms. The number of hydrogen-bond donors (Lipinski definition) is 4. The number of carbonyl (C=O) groups excluding carboxylic acids is 1. The first-order valence-electron chi connectivity index (χ1n) is 9.90. The Morgan fingerprint density at radius 2 is 2.03 bits per heavy atom. The van der Waals surface area contributed by atoms with Gasteiger partial charge in [-0.2, -0.15) is 0 Å². The summed E-state index contributed by atoms with van der Waals surface area (Å²) >= 11 is 0. The van der Waals surface area contributed by atoms with Gasteiger partial charge in [-0.3, -0.25) is 0 Å². The third-order valence-corrected chi connectivity index (χ3v) is 5.66. The van der Waals surface area contributed by atoms with Crippen LogP contribution in [-0.4, -0.2) is 69.3 Å². The lowest BCUT2D eigenvalue weighted by molar-refractivity contribution is -0.242. The Morgan fingerprint density at radius 3 is 2.73 bits per heavy atom. The van der Waals surface area contributed by atoms with Gasteiger partial charge in [0.25, 0.3) is 0 Å². The second-order valence-electron chi connectivity index (χ2n) is 8.16. The summed E-state index contributed by atoms with van der Waals surface area (Å²) < 4.78 is 22.3. The molecule has 3 heterocycles. The molecule has 4 N–H and O–H groups in total. The van der Waals surface area contributed by atoms with Crippen molar-refractivity contribution in [2.45, 2.75) is 69.1 Å². The highest BCUT2D eigenvalue weighted by molar-refractivity contribution is 5.87. The van der Waals surface area contributed by atoms with Crippen LogP contribution in [0.5, 0.6) is 11.5 Å². The van der Waals surface area contributed by atoms with Crippen LogP contribution < -0.4 is 4.74 Å². The van der Waals surface area contributed by atoms with Gasteiger partial charge in [-0.25, -0.2) is 4.79 Å². The number of esters is 1. The van der Waals surface area contributed by atoms with Crippen molar-refractivity contribution >= 4 is 5.97 Å². The third kappa shape index (κ3) is 3.67. The summed E-state index contributed by atoms with van der Waals surface area (Å²) in [5, 5.41) is 39.6. The predicted molar refractivity (Wildman–Crippen MR) is 102 cm³/mol. The monoisotopic (exact) mass is 422 g/mol. The number of phenols is 1. The molecule has 0 bridgehead atoms. The van der Waals surface area contributed by atoms with Gasteiger partial charge in [-0.05, 0) is 44.9 Å². The summed E-state index contributed by atoms with van der Waals surface area (Å²) in [4.78, 5) is 12.5. The minimum absolute atomic E-state index is 0.0586. The number of aliphatic hydroxyl groups is 3. The van der Waals surface area contributed by atoms with E-state index in [4.69, 9.17) is 18.9 Å². The molecule has 3 fully saturated rings. The first-order valence-corrected chi connectivity index (χ1v) is 9.90. The van der Waals surface area contributed by atoms with Crippen molar-refractivity contribution in [1.29, 1.82) is 0 Å². The molecule has 7 unspecified atom stereocenters. The maximum atomic E-state index is 12.5. The van der Waals surface area contributed by atoms with Crippen LogP contribution in [0.3, 0.4) is 0 Å². The molecule has 0 radical (unpaired) electrons. The van der Waals surface area contributed by atoms with Gasteiger partial charge in [0.15, 0.2) is 11.7 Å². The van der Waals surface area contributed by atoms with Crippen molar-refractivity contribution in [3.05, 3.63) is 35.4 Å². The fourth-order valence-electron chi connectivity index (χ4n) is 3.92. The smallest absolute Gasteiger partial charge is 0.342 e. The van der Waals surface area contributed by atoms with E-state index < -0.39 is 48.4 Å². The average Bonchev–Trinajstić information content (AvgIpc) is 3.36. The Hall–Kier alpha value is -2.17. The topological polar surface area (TPSA) is 138 Å². The SMILES string of the molecule is CC(C)=CCCC12OC1C(c1cc(O)ccc1OC1OCC(O)C(O)C1O)OC2=O. The number of allylic oxidation sites excluding steroid dienone is 2. The summed E-state index contributed by atoms with van der Waals surface area (Å²) in [6, 6.07) is 4.24. The van der Waals surface area contributed by atoms with Crippen LogP contribution in [0.2, 0.25) is 0 Å². The summed E-state index contributed by atoms with van der Waals surface area (Å²) in [7, 11) is 0. The lowest BCUT2D eigenvalue weighted by Crippen LogP contribution is -2.54. The minimum Gasteiger partial charge on any atom is -0.508 e. The Kier molecular flexibility index (Phi) is 5.50. The second kappa shape index (κ2) is 7.82. The summed E-state index contributed by atoms with van der Waals surface area (Å²) in [5.74, 6) is -0.313. The lowest BCUT2D eigenvalue weighted by Gasteiger charge is -2.35. The Labute approximate surface area is 173 Å². The van der Waals surface area contributed by atoms with E-state index in [9.17, 15) is 25.2 Å². The zero-order valence-corrected chi connectivity index (χ0v) is 16.7. The number of ether oxygens (including phenoxy) is 4. The molecule has 1 aromatic carbocycles. The van der Waals surface area contributed by atoms with Gasteiger partial charge in [0, 0.05) is 5.56 Å². The zero-order chi connectivity index (χ0) is 21.6. The zero-order valence-electron chi connectivity index (χ0n) is 16.7. The van der Waals surface area contributed by atoms with Crippen molar-refractivity contribution < 1.29 is 44.2 Å². The minimum atomic E-state index is -1.48. The molecule has 1 aromatic rings. The van der Waals surface area contributed by atoms with Gasteiger partial charge in [-0.15, -0.1) is 0 Å². The van der Waals surface area contributed by atoms with Crippen molar-refractivity contribution in [3.8, 4) is 11.5 Å². The number of phenolic OH excluding ortho intramolecular Hbond substituents is 1. The quantitative estimate of drug-likeness (QED) is 0.296. The first kappa shape index (κ1) is 21.1. The van der Waals surface area contributed by atoms with Crippen LogP contribution >= 0.6 is 0 Å². The molecule has 3 aliphatic rings. The predicted octanol–water partition coefficient (Wildman–Crippen LogP) is 0.692. The number of cyclic esters (lactones) is 1. The van der Waals surface area contributed by atoms with Gasteiger partial charge in [0.1, 0.15) is 35.9 Å². The van der Waals surface area contributed by atoms with E-state index >= 15 is 0 Å². The molecule has 30 heavy (non-hydrogen) atoms. The van der Waals surface area contributed by atoms with E-state index in [1.807, 2.05) is 19.9 Å². The molecule has 7 atom stereocenters. The maximum Gasteiger partial charge on any atom is 0.342 e. The van der Waals surface area contributed by atoms with Crippen molar-refractivity contribution in [1.82, 2.24) is 0 Å².